The number of nitrogens with one attached hydrogen (secondary N) is 2. The maximum Gasteiger partial charge on any atom is 0.269 e. The number of hydrogen-bond acceptors (Lipinski definition) is 3. The van der Waals surface area contributed by atoms with E-state index in [9.17, 15) is 18.0 Å². The number of halogens is 3. The average molecular weight is 371 g/mol. The van der Waals surface area contributed by atoms with Crippen LogP contribution < -0.4 is 10.6 Å². The first kappa shape index (κ1) is 18.4. The molecule has 3 aromatic rings. The van der Waals surface area contributed by atoms with Crippen LogP contribution in [-0.2, 0) is 6.42 Å². The second kappa shape index (κ2) is 8.35. The third-order valence-electron chi connectivity index (χ3n) is 3.84. The lowest BCUT2D eigenvalue weighted by Crippen LogP contribution is -2.26. The highest BCUT2D eigenvalue weighted by molar-refractivity contribution is 5.92. The van der Waals surface area contributed by atoms with Crippen LogP contribution in [0.4, 0.5) is 24.5 Å². The molecule has 1 heterocycles. The van der Waals surface area contributed by atoms with Crippen LogP contribution in [0.3, 0.4) is 0 Å². The Balaban J connectivity index is 1.56. The highest BCUT2D eigenvalue weighted by atomic mass is 19.1. The van der Waals surface area contributed by atoms with Crippen LogP contribution in [0.5, 0.6) is 0 Å². The fraction of sp³-hybridized carbons (Fsp3) is 0.100. The SMILES string of the molecule is O=C(NCCc1ccccc1F)c1ccc(Nc2ccc(F)cc2F)cn1. The summed E-state index contributed by atoms with van der Waals surface area (Å²) in [6.07, 6.45) is 1.73. The van der Waals surface area contributed by atoms with Crippen molar-refractivity contribution in [2.24, 2.45) is 0 Å². The van der Waals surface area contributed by atoms with E-state index >= 15 is 0 Å². The molecule has 0 aliphatic carbocycles. The molecule has 2 aromatic carbocycles. The molecule has 7 heteroatoms. The number of carbonyl (C=O) groups excluding carboxylic acids is 1. The molecule has 1 aromatic heterocycles. The third kappa shape index (κ3) is 4.84. The number of rotatable bonds is 6. The van der Waals surface area contributed by atoms with E-state index in [0.29, 0.717) is 17.7 Å². The van der Waals surface area contributed by atoms with Crippen molar-refractivity contribution in [1.82, 2.24) is 10.3 Å². The maximum absolute atomic E-state index is 13.6. The number of anilines is 2. The topological polar surface area (TPSA) is 54.0 Å². The Morgan fingerprint density at radius 1 is 0.963 bits per heavy atom. The highest BCUT2D eigenvalue weighted by Gasteiger charge is 2.09. The van der Waals surface area contributed by atoms with E-state index in [0.717, 1.165) is 12.1 Å². The standard InChI is InChI=1S/C20H16F3N3O/c21-14-5-7-18(17(23)11-14)26-15-6-8-19(25-12-15)20(27)24-10-9-13-3-1-2-4-16(13)22/h1-8,11-12,26H,9-10H2,(H,24,27). The Hall–Kier alpha value is -3.35. The van der Waals surface area contributed by atoms with Gasteiger partial charge in [-0.05, 0) is 42.3 Å². The summed E-state index contributed by atoms with van der Waals surface area (Å²) in [7, 11) is 0. The first-order chi connectivity index (χ1) is 13.0. The van der Waals surface area contributed by atoms with Crippen molar-refractivity contribution in [3.05, 3.63) is 89.5 Å². The average Bonchev–Trinajstić information content (AvgIpc) is 2.66. The lowest BCUT2D eigenvalue weighted by atomic mass is 10.1. The summed E-state index contributed by atoms with van der Waals surface area (Å²) < 4.78 is 40.1. The summed E-state index contributed by atoms with van der Waals surface area (Å²) in [4.78, 5) is 16.1. The second-order valence-corrected chi connectivity index (χ2v) is 5.78. The molecular formula is C20H16F3N3O. The minimum Gasteiger partial charge on any atom is -0.352 e. The van der Waals surface area contributed by atoms with E-state index in [-0.39, 0.29) is 23.7 Å². The van der Waals surface area contributed by atoms with Crippen molar-refractivity contribution in [1.29, 1.82) is 0 Å². The van der Waals surface area contributed by atoms with Crippen LogP contribution in [0.25, 0.3) is 0 Å². The van der Waals surface area contributed by atoms with E-state index in [1.54, 1.807) is 24.3 Å². The van der Waals surface area contributed by atoms with E-state index in [2.05, 4.69) is 15.6 Å². The van der Waals surface area contributed by atoms with Crippen LogP contribution in [0.1, 0.15) is 16.1 Å². The molecule has 0 aliphatic rings. The van der Waals surface area contributed by atoms with Crippen molar-refractivity contribution in [2.75, 3.05) is 11.9 Å². The van der Waals surface area contributed by atoms with Crippen LogP contribution in [-0.4, -0.2) is 17.4 Å². The molecule has 0 unspecified atom stereocenters. The molecule has 0 saturated heterocycles. The molecule has 1 amide bonds. The van der Waals surface area contributed by atoms with Gasteiger partial charge in [-0.2, -0.15) is 0 Å². The summed E-state index contributed by atoms with van der Waals surface area (Å²) in [5, 5.41) is 5.43. The van der Waals surface area contributed by atoms with Crippen LogP contribution in [0, 0.1) is 17.5 Å². The molecular weight excluding hydrogens is 355 g/mol. The molecule has 3 rings (SSSR count). The molecule has 0 fully saturated rings. The van der Waals surface area contributed by atoms with Crippen molar-refractivity contribution in [2.45, 2.75) is 6.42 Å². The zero-order valence-corrected chi connectivity index (χ0v) is 14.2. The largest absolute Gasteiger partial charge is 0.352 e. The molecule has 0 radical (unpaired) electrons. The van der Waals surface area contributed by atoms with Gasteiger partial charge in [0.2, 0.25) is 0 Å². The molecule has 0 spiro atoms. The molecule has 0 saturated carbocycles. The summed E-state index contributed by atoms with van der Waals surface area (Å²) in [5.41, 5.74) is 1.24. The number of amides is 1. The number of nitrogens with zero attached hydrogens (tertiary/aromatic N) is 1. The number of pyridine rings is 1. The van der Waals surface area contributed by atoms with E-state index in [1.165, 1.54) is 24.4 Å². The van der Waals surface area contributed by atoms with Crippen molar-refractivity contribution < 1.29 is 18.0 Å². The van der Waals surface area contributed by atoms with Gasteiger partial charge in [0.05, 0.1) is 17.6 Å². The van der Waals surface area contributed by atoms with Crippen LogP contribution in [0.15, 0.2) is 60.8 Å². The monoisotopic (exact) mass is 371 g/mol. The quantitative estimate of drug-likeness (QED) is 0.682. The van der Waals surface area contributed by atoms with Gasteiger partial charge in [0, 0.05) is 12.6 Å². The Kier molecular flexibility index (Phi) is 5.71. The summed E-state index contributed by atoms with van der Waals surface area (Å²) in [6, 6.07) is 12.6. The third-order valence-corrected chi connectivity index (χ3v) is 3.84. The van der Waals surface area contributed by atoms with Gasteiger partial charge in [-0.1, -0.05) is 18.2 Å². The molecule has 2 N–H and O–H groups in total. The minimum atomic E-state index is -0.732. The number of hydrogen-bond donors (Lipinski definition) is 2. The maximum atomic E-state index is 13.6. The van der Waals surface area contributed by atoms with Gasteiger partial charge in [-0.3, -0.25) is 4.79 Å². The first-order valence-corrected chi connectivity index (χ1v) is 8.22. The zero-order chi connectivity index (χ0) is 19.2. The van der Waals surface area contributed by atoms with Gasteiger partial charge in [0.15, 0.2) is 0 Å². The minimum absolute atomic E-state index is 0.0975. The van der Waals surface area contributed by atoms with Gasteiger partial charge in [-0.15, -0.1) is 0 Å². The Bertz CT molecular complexity index is 945. The van der Waals surface area contributed by atoms with Crippen LogP contribution >= 0.6 is 0 Å². The predicted molar refractivity (Wildman–Crippen MR) is 96.3 cm³/mol. The smallest absolute Gasteiger partial charge is 0.269 e. The van der Waals surface area contributed by atoms with Gasteiger partial charge in [0.1, 0.15) is 23.1 Å². The van der Waals surface area contributed by atoms with Gasteiger partial charge < -0.3 is 10.6 Å². The van der Waals surface area contributed by atoms with Gasteiger partial charge >= 0.3 is 0 Å². The normalized spacial score (nSPS) is 10.5. The Morgan fingerprint density at radius 3 is 2.48 bits per heavy atom. The number of aromatic nitrogens is 1. The van der Waals surface area contributed by atoms with Gasteiger partial charge in [0.25, 0.3) is 5.91 Å². The summed E-state index contributed by atoms with van der Waals surface area (Å²) >= 11 is 0. The Morgan fingerprint density at radius 2 is 1.78 bits per heavy atom. The van der Waals surface area contributed by atoms with E-state index in [1.807, 2.05) is 0 Å². The summed E-state index contributed by atoms with van der Waals surface area (Å²) in [5.74, 6) is -2.11. The summed E-state index contributed by atoms with van der Waals surface area (Å²) in [6.45, 7) is 0.266. The van der Waals surface area contributed by atoms with E-state index in [4.69, 9.17) is 0 Å². The zero-order valence-electron chi connectivity index (χ0n) is 14.2. The number of benzene rings is 2. The van der Waals surface area contributed by atoms with E-state index < -0.39 is 17.5 Å². The molecule has 27 heavy (non-hydrogen) atoms. The van der Waals surface area contributed by atoms with Gasteiger partial charge in [-0.25, -0.2) is 18.2 Å². The van der Waals surface area contributed by atoms with Crippen molar-refractivity contribution >= 4 is 17.3 Å². The lowest BCUT2D eigenvalue weighted by molar-refractivity contribution is 0.0949. The second-order valence-electron chi connectivity index (χ2n) is 5.78. The molecule has 0 bridgehead atoms. The fourth-order valence-corrected chi connectivity index (χ4v) is 2.45. The lowest BCUT2D eigenvalue weighted by Gasteiger charge is -2.09. The highest BCUT2D eigenvalue weighted by Crippen LogP contribution is 2.20. The molecule has 4 nitrogen and oxygen atoms in total. The van der Waals surface area contributed by atoms with Crippen molar-refractivity contribution in [3.8, 4) is 0 Å². The Labute approximate surface area is 154 Å². The first-order valence-electron chi connectivity index (χ1n) is 8.22. The fourth-order valence-electron chi connectivity index (χ4n) is 2.45. The molecule has 138 valence electrons. The number of carbonyl (C=O) groups is 1. The van der Waals surface area contributed by atoms with Crippen molar-refractivity contribution in [3.63, 3.8) is 0 Å². The molecule has 0 aliphatic heterocycles. The molecule has 0 atom stereocenters. The van der Waals surface area contributed by atoms with Crippen LogP contribution in [0.2, 0.25) is 0 Å². The predicted octanol–water partition coefficient (Wildman–Crippen LogP) is 4.22.